The Kier molecular flexibility index (Phi) is 4.41. The fourth-order valence-corrected chi connectivity index (χ4v) is 3.06. The largest absolute Gasteiger partial charge is 0.346 e. The summed E-state index contributed by atoms with van der Waals surface area (Å²) in [6.07, 6.45) is 5.46. The van der Waals surface area contributed by atoms with Gasteiger partial charge < -0.3 is 14.5 Å². The van der Waals surface area contributed by atoms with Crippen molar-refractivity contribution in [2.45, 2.75) is 40.3 Å². The molecule has 0 spiro atoms. The first kappa shape index (κ1) is 17.3. The van der Waals surface area contributed by atoms with E-state index in [1.54, 1.807) is 12.5 Å². The Morgan fingerprint density at radius 2 is 2.04 bits per heavy atom. The summed E-state index contributed by atoms with van der Waals surface area (Å²) in [7, 11) is 1.94. The molecule has 1 atom stereocenters. The summed E-state index contributed by atoms with van der Waals surface area (Å²) in [5.74, 6) is -0.0450. The Hall–Kier alpha value is -2.56. The standard InChI is InChI=1S/C20H26N4O/c1-14-6-7-16-15(10-14)11-17(23(16)5)19(25)22-18(20(2,3)4)12-24-9-8-21-13-24/h6-11,13,18H,12H2,1-5H3,(H,22,25)/t18-/m0/s1. The van der Waals surface area contributed by atoms with Crippen molar-refractivity contribution >= 4 is 16.8 Å². The SMILES string of the molecule is Cc1ccc2c(c1)cc(C(=O)N[C@@H](Cn1ccnc1)C(C)(C)C)n2C. The molecular formula is C20H26N4O. The first-order valence-electron chi connectivity index (χ1n) is 8.58. The molecule has 5 nitrogen and oxygen atoms in total. The molecule has 0 bridgehead atoms. The lowest BCUT2D eigenvalue weighted by Gasteiger charge is -2.31. The predicted octanol–water partition coefficient (Wildman–Crippen LogP) is 3.53. The summed E-state index contributed by atoms with van der Waals surface area (Å²) in [5.41, 5.74) is 2.87. The van der Waals surface area contributed by atoms with Crippen molar-refractivity contribution < 1.29 is 4.79 Å². The van der Waals surface area contributed by atoms with Crippen molar-refractivity contribution in [3.63, 3.8) is 0 Å². The fraction of sp³-hybridized carbons (Fsp3) is 0.400. The van der Waals surface area contributed by atoms with Gasteiger partial charge in [-0.1, -0.05) is 32.4 Å². The normalized spacial score (nSPS) is 13.2. The van der Waals surface area contributed by atoms with Gasteiger partial charge in [0, 0.05) is 36.9 Å². The van der Waals surface area contributed by atoms with Gasteiger partial charge in [-0.2, -0.15) is 0 Å². The second-order valence-electron chi connectivity index (χ2n) is 7.80. The third kappa shape index (κ3) is 3.60. The van der Waals surface area contributed by atoms with Crippen molar-refractivity contribution in [1.82, 2.24) is 19.4 Å². The predicted molar refractivity (Wildman–Crippen MR) is 101 cm³/mol. The highest BCUT2D eigenvalue weighted by molar-refractivity contribution is 5.99. The van der Waals surface area contributed by atoms with E-state index < -0.39 is 0 Å². The summed E-state index contributed by atoms with van der Waals surface area (Å²) in [6, 6.07) is 8.21. The lowest BCUT2D eigenvalue weighted by atomic mass is 9.86. The molecule has 0 radical (unpaired) electrons. The van der Waals surface area contributed by atoms with Crippen LogP contribution in [0, 0.1) is 12.3 Å². The maximum Gasteiger partial charge on any atom is 0.268 e. The van der Waals surface area contributed by atoms with Gasteiger partial charge in [0.15, 0.2) is 0 Å². The molecule has 2 aromatic heterocycles. The van der Waals surface area contributed by atoms with E-state index in [0.29, 0.717) is 12.2 Å². The van der Waals surface area contributed by atoms with Gasteiger partial charge in [-0.3, -0.25) is 4.79 Å². The van der Waals surface area contributed by atoms with Crippen LogP contribution in [0.25, 0.3) is 10.9 Å². The number of rotatable bonds is 4. The number of aromatic nitrogens is 3. The highest BCUT2D eigenvalue weighted by Crippen LogP contribution is 2.23. The van der Waals surface area contributed by atoms with Gasteiger partial charge in [-0.15, -0.1) is 0 Å². The summed E-state index contributed by atoms with van der Waals surface area (Å²) in [6.45, 7) is 9.17. The number of amides is 1. The molecule has 0 saturated heterocycles. The van der Waals surface area contributed by atoms with Crippen molar-refractivity contribution in [1.29, 1.82) is 0 Å². The maximum atomic E-state index is 12.9. The van der Waals surface area contributed by atoms with Crippen molar-refractivity contribution in [3.8, 4) is 0 Å². The molecule has 0 aliphatic rings. The molecule has 1 amide bonds. The van der Waals surface area contributed by atoms with E-state index in [9.17, 15) is 4.79 Å². The minimum Gasteiger partial charge on any atom is -0.346 e. The second kappa shape index (κ2) is 6.39. The molecule has 3 rings (SSSR count). The Morgan fingerprint density at radius 1 is 1.28 bits per heavy atom. The Morgan fingerprint density at radius 3 is 2.68 bits per heavy atom. The number of nitrogens with one attached hydrogen (secondary N) is 1. The third-order valence-electron chi connectivity index (χ3n) is 4.73. The molecule has 1 N–H and O–H groups in total. The quantitative estimate of drug-likeness (QED) is 0.791. The molecule has 3 aromatic rings. The molecule has 1 aromatic carbocycles. The van der Waals surface area contributed by atoms with Crippen LogP contribution in [0.3, 0.4) is 0 Å². The number of carbonyl (C=O) groups is 1. The molecule has 2 heterocycles. The summed E-state index contributed by atoms with van der Waals surface area (Å²) in [4.78, 5) is 17.0. The van der Waals surface area contributed by atoms with Crippen LogP contribution in [-0.2, 0) is 13.6 Å². The third-order valence-corrected chi connectivity index (χ3v) is 4.73. The molecule has 132 valence electrons. The molecule has 5 heteroatoms. The molecule has 0 fully saturated rings. The van der Waals surface area contributed by atoms with Crippen molar-refractivity contribution in [2.24, 2.45) is 12.5 Å². The molecule has 0 aliphatic carbocycles. The first-order valence-corrected chi connectivity index (χ1v) is 8.58. The van der Waals surface area contributed by atoms with Gasteiger partial charge in [-0.05, 0) is 30.5 Å². The van der Waals surface area contributed by atoms with Crippen LogP contribution in [0.2, 0.25) is 0 Å². The number of imidazole rings is 1. The molecule has 0 saturated carbocycles. The zero-order valence-corrected chi connectivity index (χ0v) is 15.6. The minimum atomic E-state index is -0.0683. The van der Waals surface area contributed by atoms with Crippen LogP contribution < -0.4 is 5.32 Å². The molecule has 25 heavy (non-hydrogen) atoms. The second-order valence-corrected chi connectivity index (χ2v) is 7.80. The van der Waals surface area contributed by atoms with E-state index in [1.807, 2.05) is 28.4 Å². The lowest BCUT2D eigenvalue weighted by molar-refractivity contribution is 0.0884. The van der Waals surface area contributed by atoms with Crippen LogP contribution >= 0.6 is 0 Å². The number of hydrogen-bond donors (Lipinski definition) is 1. The summed E-state index contributed by atoms with van der Waals surface area (Å²) in [5, 5.41) is 4.31. The number of aryl methyl sites for hydroxylation is 2. The average molecular weight is 338 g/mol. The van der Waals surface area contributed by atoms with E-state index in [2.05, 4.69) is 56.2 Å². The first-order chi connectivity index (χ1) is 11.8. The van der Waals surface area contributed by atoms with Crippen molar-refractivity contribution in [2.75, 3.05) is 0 Å². The smallest absolute Gasteiger partial charge is 0.268 e. The molecular weight excluding hydrogens is 312 g/mol. The Labute approximate surface area is 148 Å². The van der Waals surface area contributed by atoms with Gasteiger partial charge in [0.2, 0.25) is 0 Å². The van der Waals surface area contributed by atoms with E-state index >= 15 is 0 Å². The summed E-state index contributed by atoms with van der Waals surface area (Å²) >= 11 is 0. The van der Waals surface area contributed by atoms with E-state index in [0.717, 1.165) is 10.9 Å². The van der Waals surface area contributed by atoms with Crippen LogP contribution in [0.1, 0.15) is 36.8 Å². The number of benzene rings is 1. The Bertz CT molecular complexity index is 884. The number of fused-ring (bicyclic) bond motifs is 1. The van der Waals surface area contributed by atoms with Crippen molar-refractivity contribution in [3.05, 3.63) is 54.2 Å². The fourth-order valence-electron chi connectivity index (χ4n) is 3.06. The molecule has 0 aliphatic heterocycles. The number of carbonyl (C=O) groups excluding carboxylic acids is 1. The van der Waals surface area contributed by atoms with Crippen LogP contribution in [0.5, 0.6) is 0 Å². The maximum absolute atomic E-state index is 12.9. The minimum absolute atomic E-state index is 0.00560. The zero-order valence-electron chi connectivity index (χ0n) is 15.6. The van der Waals surface area contributed by atoms with Gasteiger partial charge >= 0.3 is 0 Å². The van der Waals surface area contributed by atoms with E-state index in [4.69, 9.17) is 0 Å². The van der Waals surface area contributed by atoms with Crippen LogP contribution in [0.4, 0.5) is 0 Å². The topological polar surface area (TPSA) is 51.9 Å². The monoisotopic (exact) mass is 338 g/mol. The van der Waals surface area contributed by atoms with Gasteiger partial charge in [0.05, 0.1) is 12.4 Å². The van der Waals surface area contributed by atoms with E-state index in [1.165, 1.54) is 5.56 Å². The highest BCUT2D eigenvalue weighted by atomic mass is 16.2. The van der Waals surface area contributed by atoms with Crippen LogP contribution in [-0.4, -0.2) is 26.1 Å². The lowest BCUT2D eigenvalue weighted by Crippen LogP contribution is -2.46. The van der Waals surface area contributed by atoms with E-state index in [-0.39, 0.29) is 17.4 Å². The van der Waals surface area contributed by atoms with Gasteiger partial charge in [0.25, 0.3) is 5.91 Å². The van der Waals surface area contributed by atoms with Gasteiger partial charge in [0.1, 0.15) is 5.69 Å². The highest BCUT2D eigenvalue weighted by Gasteiger charge is 2.28. The van der Waals surface area contributed by atoms with Gasteiger partial charge in [-0.25, -0.2) is 4.98 Å². The number of hydrogen-bond acceptors (Lipinski definition) is 2. The number of nitrogens with zero attached hydrogens (tertiary/aromatic N) is 3. The zero-order chi connectivity index (χ0) is 18.2. The Balaban J connectivity index is 1.87. The average Bonchev–Trinajstić information content (AvgIpc) is 3.13. The van der Waals surface area contributed by atoms with Crippen LogP contribution in [0.15, 0.2) is 43.0 Å². The molecule has 0 unspecified atom stereocenters. The summed E-state index contributed by atoms with van der Waals surface area (Å²) < 4.78 is 3.96.